The topological polar surface area (TPSA) is 72.9 Å². The summed E-state index contributed by atoms with van der Waals surface area (Å²) in [5.74, 6) is -1.05. The van der Waals surface area contributed by atoms with Crippen molar-refractivity contribution in [2.24, 2.45) is 11.8 Å². The number of carbonyl (C=O) groups excluding carboxylic acids is 1. The Kier molecular flexibility index (Phi) is 5.81. The minimum Gasteiger partial charge on any atom is -0.481 e. The molecule has 0 bridgehead atoms. The van der Waals surface area contributed by atoms with E-state index >= 15 is 0 Å². The Morgan fingerprint density at radius 1 is 1.12 bits per heavy atom. The van der Waals surface area contributed by atoms with E-state index < -0.39 is 11.9 Å². The first-order valence-corrected chi connectivity index (χ1v) is 9.48. The number of carbonyl (C=O) groups is 2. The fraction of sp³-hybridized carbons (Fsp3) is 0.600. The molecule has 0 radical (unpaired) electrons. The summed E-state index contributed by atoms with van der Waals surface area (Å²) in [6.45, 7) is 6.85. The van der Waals surface area contributed by atoms with Crippen LogP contribution in [0, 0.1) is 11.8 Å². The summed E-state index contributed by atoms with van der Waals surface area (Å²) in [5.41, 5.74) is 1.28. The van der Waals surface area contributed by atoms with Gasteiger partial charge in [0, 0.05) is 38.3 Å². The lowest BCUT2D eigenvalue weighted by molar-refractivity contribution is -0.143. The molecule has 2 N–H and O–H groups in total. The van der Waals surface area contributed by atoms with Gasteiger partial charge in [-0.25, -0.2) is 4.79 Å². The molecule has 1 aromatic carbocycles. The number of nitrogens with zero attached hydrogens (tertiary/aromatic N) is 2. The molecule has 1 aromatic rings. The molecule has 2 amide bonds. The monoisotopic (exact) mass is 359 g/mol. The first-order valence-electron chi connectivity index (χ1n) is 9.48. The van der Waals surface area contributed by atoms with Crippen LogP contribution in [0.1, 0.15) is 32.3 Å². The van der Waals surface area contributed by atoms with E-state index in [1.54, 1.807) is 4.90 Å². The van der Waals surface area contributed by atoms with Crippen LogP contribution in [0.5, 0.6) is 0 Å². The van der Waals surface area contributed by atoms with E-state index in [0.717, 1.165) is 19.5 Å². The van der Waals surface area contributed by atoms with Gasteiger partial charge in [-0.05, 0) is 31.2 Å². The van der Waals surface area contributed by atoms with Crippen molar-refractivity contribution in [3.63, 3.8) is 0 Å². The highest BCUT2D eigenvalue weighted by Crippen LogP contribution is 2.23. The lowest BCUT2D eigenvalue weighted by atomic mass is 9.91. The zero-order valence-electron chi connectivity index (χ0n) is 15.6. The van der Waals surface area contributed by atoms with Gasteiger partial charge in [-0.1, -0.05) is 37.3 Å². The second-order valence-electron chi connectivity index (χ2n) is 7.93. The largest absolute Gasteiger partial charge is 0.481 e. The standard InChI is InChI=1S/C20H29N3O3/c1-14-8-17(19(24)25)12-23(10-14)20(26)21-18-9-15(2)22(13-18)11-16-6-4-3-5-7-16/h3-7,14-15,17-18H,8-13H2,1-2H3,(H,21,26)(H,24,25). The van der Waals surface area contributed by atoms with E-state index in [9.17, 15) is 14.7 Å². The lowest BCUT2D eigenvalue weighted by Gasteiger charge is -2.35. The van der Waals surface area contributed by atoms with E-state index in [1.807, 2.05) is 25.1 Å². The summed E-state index contributed by atoms with van der Waals surface area (Å²) in [4.78, 5) is 28.0. The number of amides is 2. The molecule has 6 nitrogen and oxygen atoms in total. The second-order valence-corrected chi connectivity index (χ2v) is 7.93. The highest BCUT2D eigenvalue weighted by molar-refractivity contribution is 5.77. The van der Waals surface area contributed by atoms with Crippen molar-refractivity contribution in [1.82, 2.24) is 15.1 Å². The van der Waals surface area contributed by atoms with Gasteiger partial charge in [0.2, 0.25) is 0 Å². The maximum atomic E-state index is 12.6. The number of aliphatic carboxylic acids is 1. The molecule has 0 aromatic heterocycles. The molecular formula is C20H29N3O3. The van der Waals surface area contributed by atoms with Crippen LogP contribution in [0.25, 0.3) is 0 Å². The van der Waals surface area contributed by atoms with Crippen LogP contribution in [-0.2, 0) is 11.3 Å². The van der Waals surface area contributed by atoms with Gasteiger partial charge in [0.1, 0.15) is 0 Å². The van der Waals surface area contributed by atoms with Crippen molar-refractivity contribution in [2.75, 3.05) is 19.6 Å². The van der Waals surface area contributed by atoms with E-state index in [1.165, 1.54) is 5.56 Å². The van der Waals surface area contributed by atoms with Crippen molar-refractivity contribution in [2.45, 2.75) is 45.3 Å². The van der Waals surface area contributed by atoms with Gasteiger partial charge in [0.05, 0.1) is 5.92 Å². The average Bonchev–Trinajstić information content (AvgIpc) is 2.94. The van der Waals surface area contributed by atoms with Gasteiger partial charge in [-0.15, -0.1) is 0 Å². The van der Waals surface area contributed by atoms with Crippen LogP contribution < -0.4 is 5.32 Å². The third-order valence-corrected chi connectivity index (χ3v) is 5.56. The quantitative estimate of drug-likeness (QED) is 0.866. The zero-order valence-corrected chi connectivity index (χ0v) is 15.6. The maximum Gasteiger partial charge on any atom is 0.317 e. The molecule has 0 aliphatic carbocycles. The van der Waals surface area contributed by atoms with Crippen LogP contribution in [0.15, 0.2) is 30.3 Å². The summed E-state index contributed by atoms with van der Waals surface area (Å²) in [6.07, 6.45) is 1.56. The van der Waals surface area contributed by atoms with Crippen molar-refractivity contribution in [1.29, 1.82) is 0 Å². The molecule has 2 aliphatic rings. The molecule has 2 heterocycles. The van der Waals surface area contributed by atoms with Crippen molar-refractivity contribution >= 4 is 12.0 Å². The van der Waals surface area contributed by atoms with Crippen molar-refractivity contribution in [3.05, 3.63) is 35.9 Å². The lowest BCUT2D eigenvalue weighted by Crippen LogP contribution is -2.52. The number of rotatable bonds is 4. The molecule has 4 atom stereocenters. The molecular weight excluding hydrogens is 330 g/mol. The smallest absolute Gasteiger partial charge is 0.317 e. The molecule has 4 unspecified atom stereocenters. The number of nitrogens with one attached hydrogen (secondary N) is 1. The number of hydrogen-bond donors (Lipinski definition) is 2. The Hall–Kier alpha value is -2.08. The predicted octanol–water partition coefficient (Wildman–Crippen LogP) is 2.40. The summed E-state index contributed by atoms with van der Waals surface area (Å²) in [7, 11) is 0. The average molecular weight is 359 g/mol. The van der Waals surface area contributed by atoms with Gasteiger partial charge >= 0.3 is 12.0 Å². The van der Waals surface area contributed by atoms with Gasteiger partial charge in [0.25, 0.3) is 0 Å². The zero-order chi connectivity index (χ0) is 18.7. The number of carboxylic acids is 1. The molecule has 2 aliphatic heterocycles. The van der Waals surface area contributed by atoms with Crippen LogP contribution in [0.2, 0.25) is 0 Å². The molecule has 142 valence electrons. The SMILES string of the molecule is CC1CC(C(=O)O)CN(C(=O)NC2CC(C)N(Cc3ccccc3)C2)C1. The van der Waals surface area contributed by atoms with E-state index in [4.69, 9.17) is 0 Å². The fourth-order valence-electron chi connectivity index (χ4n) is 4.20. The summed E-state index contributed by atoms with van der Waals surface area (Å²) >= 11 is 0. The Morgan fingerprint density at radius 2 is 1.85 bits per heavy atom. The van der Waals surface area contributed by atoms with Gasteiger partial charge in [-0.3, -0.25) is 9.69 Å². The Labute approximate surface area is 155 Å². The summed E-state index contributed by atoms with van der Waals surface area (Å²) < 4.78 is 0. The summed E-state index contributed by atoms with van der Waals surface area (Å²) in [5, 5.41) is 12.4. The minimum atomic E-state index is -0.808. The van der Waals surface area contributed by atoms with Crippen LogP contribution in [0.3, 0.4) is 0 Å². The molecule has 26 heavy (non-hydrogen) atoms. The van der Waals surface area contributed by atoms with Crippen LogP contribution in [-0.4, -0.2) is 58.6 Å². The van der Waals surface area contributed by atoms with Crippen molar-refractivity contribution < 1.29 is 14.7 Å². The highest BCUT2D eigenvalue weighted by Gasteiger charge is 2.35. The Bertz CT molecular complexity index is 636. The fourth-order valence-corrected chi connectivity index (χ4v) is 4.20. The predicted molar refractivity (Wildman–Crippen MR) is 99.7 cm³/mol. The minimum absolute atomic E-state index is 0.113. The van der Waals surface area contributed by atoms with Crippen molar-refractivity contribution in [3.8, 4) is 0 Å². The van der Waals surface area contributed by atoms with Gasteiger partial charge in [-0.2, -0.15) is 0 Å². The van der Waals surface area contributed by atoms with Crippen LogP contribution >= 0.6 is 0 Å². The third-order valence-electron chi connectivity index (χ3n) is 5.56. The molecule has 0 spiro atoms. The van der Waals surface area contributed by atoms with Gasteiger partial charge < -0.3 is 15.3 Å². The number of piperidine rings is 1. The first-order chi connectivity index (χ1) is 12.4. The molecule has 6 heteroatoms. The van der Waals surface area contributed by atoms with Gasteiger partial charge in [0.15, 0.2) is 0 Å². The Morgan fingerprint density at radius 3 is 2.54 bits per heavy atom. The van der Waals surface area contributed by atoms with Crippen LogP contribution in [0.4, 0.5) is 4.79 Å². The second kappa shape index (κ2) is 8.08. The molecule has 2 saturated heterocycles. The molecule has 0 saturated carbocycles. The summed E-state index contributed by atoms with van der Waals surface area (Å²) in [6, 6.07) is 10.8. The number of hydrogen-bond acceptors (Lipinski definition) is 3. The highest BCUT2D eigenvalue weighted by atomic mass is 16.4. The maximum absolute atomic E-state index is 12.6. The third kappa shape index (κ3) is 4.55. The van der Waals surface area contributed by atoms with E-state index in [2.05, 4.69) is 29.3 Å². The Balaban J connectivity index is 1.54. The molecule has 3 rings (SSSR count). The molecule has 2 fully saturated rings. The first kappa shape index (κ1) is 18.7. The number of urea groups is 1. The number of benzene rings is 1. The number of carboxylic acid groups (broad SMARTS) is 1. The van der Waals surface area contributed by atoms with E-state index in [-0.39, 0.29) is 18.0 Å². The number of likely N-dealkylation sites (tertiary alicyclic amines) is 2. The normalized spacial score (nSPS) is 29.5. The van der Waals surface area contributed by atoms with E-state index in [0.29, 0.717) is 25.6 Å².